The van der Waals surface area contributed by atoms with Gasteiger partial charge in [-0.05, 0) is 36.2 Å². The van der Waals surface area contributed by atoms with Crippen LogP contribution in [0.15, 0.2) is 40.1 Å². The lowest BCUT2D eigenvalue weighted by atomic mass is 10.00. The summed E-state index contributed by atoms with van der Waals surface area (Å²) in [5, 5.41) is 5.71. The number of ether oxygens (including phenoxy) is 1. The Hall–Kier alpha value is -2.60. The molecule has 7 nitrogen and oxygen atoms in total. The van der Waals surface area contributed by atoms with Crippen LogP contribution in [-0.2, 0) is 19.7 Å². The van der Waals surface area contributed by atoms with Crippen LogP contribution in [0.2, 0.25) is 0 Å². The molecule has 3 aromatic rings. The summed E-state index contributed by atoms with van der Waals surface area (Å²) in [4.78, 5) is -0.224. The van der Waals surface area contributed by atoms with Crippen LogP contribution in [0.4, 0.5) is 13.2 Å². The minimum atomic E-state index is -5.05. The van der Waals surface area contributed by atoms with E-state index in [1.165, 1.54) is 37.3 Å². The number of aryl methyl sites for hydroxylation is 1. The van der Waals surface area contributed by atoms with Crippen molar-refractivity contribution in [2.24, 2.45) is 0 Å². The average Bonchev–Trinajstić information content (AvgIpc) is 2.93. The lowest BCUT2D eigenvalue weighted by Crippen LogP contribution is -2.17. The van der Waals surface area contributed by atoms with Crippen molar-refractivity contribution in [2.75, 3.05) is 12.5 Å². The Morgan fingerprint density at radius 1 is 0.966 bits per heavy atom. The number of H-pyrrole nitrogens is 1. The van der Waals surface area contributed by atoms with Gasteiger partial charge in [-0.15, -0.1) is 18.3 Å². The average molecular weight is 448 g/mol. The lowest BCUT2D eigenvalue weighted by Gasteiger charge is -2.14. The molecule has 0 saturated heterocycles. The molecule has 1 aromatic heterocycles. The second-order valence-corrected chi connectivity index (χ2v) is 10.4. The van der Waals surface area contributed by atoms with Gasteiger partial charge in [-0.1, -0.05) is 12.1 Å². The number of halogens is 3. The molecule has 2 aromatic carbocycles. The van der Waals surface area contributed by atoms with Crippen LogP contribution in [0.3, 0.4) is 0 Å². The first-order valence-corrected chi connectivity index (χ1v) is 11.7. The molecule has 0 aliphatic carbocycles. The highest BCUT2D eigenvalue weighted by Crippen LogP contribution is 2.40. The summed E-state index contributed by atoms with van der Waals surface area (Å²) in [7, 11) is -7.40. The minimum absolute atomic E-state index is 0.0216. The van der Waals surface area contributed by atoms with Crippen LogP contribution in [0.1, 0.15) is 5.56 Å². The van der Waals surface area contributed by atoms with Gasteiger partial charge in [0.2, 0.25) is 5.88 Å². The standard InChI is InChI=1S/C17H15F3N2O5S2/c1-9-8-10(4-6-12(9)28(2,23)24)14-13(29(3,25)26)7-5-11-15(14)16(22-21-11)27-17(18,19)20/h4-8H,1-3H3,(H,21,22). The summed E-state index contributed by atoms with van der Waals surface area (Å²) in [6.07, 6.45) is -3.11. The van der Waals surface area contributed by atoms with Crippen LogP contribution < -0.4 is 4.74 Å². The normalized spacial score (nSPS) is 13.0. The molecular weight excluding hydrogens is 433 g/mol. The highest BCUT2D eigenvalue weighted by atomic mass is 32.2. The van der Waals surface area contributed by atoms with Gasteiger partial charge in [-0.25, -0.2) is 16.8 Å². The summed E-state index contributed by atoms with van der Waals surface area (Å²) in [5.41, 5.74) is 0.565. The first-order valence-electron chi connectivity index (χ1n) is 7.96. The van der Waals surface area contributed by atoms with Gasteiger partial charge in [0.15, 0.2) is 19.7 Å². The van der Waals surface area contributed by atoms with Gasteiger partial charge in [0.05, 0.1) is 20.7 Å². The number of aromatic nitrogens is 2. The molecule has 1 heterocycles. The summed E-state index contributed by atoms with van der Waals surface area (Å²) in [6.45, 7) is 1.50. The van der Waals surface area contributed by atoms with Crippen molar-refractivity contribution in [2.45, 2.75) is 23.1 Å². The fourth-order valence-electron chi connectivity index (χ4n) is 3.07. The molecular formula is C17H15F3N2O5S2. The molecule has 0 unspecified atom stereocenters. The van der Waals surface area contributed by atoms with Gasteiger partial charge in [0.25, 0.3) is 0 Å². The van der Waals surface area contributed by atoms with E-state index in [0.717, 1.165) is 12.5 Å². The SMILES string of the molecule is Cc1cc(-c2c(S(C)(=O)=O)ccc3[nH]nc(OC(F)(F)F)c23)ccc1S(C)(=O)=O. The molecule has 12 heteroatoms. The number of rotatable bonds is 4. The number of fused-ring (bicyclic) bond motifs is 1. The molecule has 3 rings (SSSR count). The van der Waals surface area contributed by atoms with Crippen molar-refractivity contribution in [1.82, 2.24) is 10.2 Å². The predicted molar refractivity (Wildman–Crippen MR) is 99.2 cm³/mol. The number of hydrogen-bond acceptors (Lipinski definition) is 6. The smallest absolute Gasteiger partial charge is 0.386 e. The molecule has 0 fully saturated rings. The summed E-state index contributed by atoms with van der Waals surface area (Å²) < 4.78 is 90.7. The van der Waals surface area contributed by atoms with E-state index in [9.17, 15) is 30.0 Å². The zero-order valence-electron chi connectivity index (χ0n) is 15.3. The minimum Gasteiger partial charge on any atom is -0.386 e. The van der Waals surface area contributed by atoms with E-state index >= 15 is 0 Å². The Bertz CT molecular complexity index is 1330. The Labute approximate surface area is 164 Å². The zero-order chi connectivity index (χ0) is 21.8. The molecule has 29 heavy (non-hydrogen) atoms. The van der Waals surface area contributed by atoms with Crippen LogP contribution in [0.5, 0.6) is 5.88 Å². The molecule has 0 aliphatic heterocycles. The zero-order valence-corrected chi connectivity index (χ0v) is 17.0. The monoisotopic (exact) mass is 448 g/mol. The first-order chi connectivity index (χ1) is 13.2. The van der Waals surface area contributed by atoms with Gasteiger partial charge in [-0.3, -0.25) is 5.10 Å². The Morgan fingerprint density at radius 2 is 1.55 bits per heavy atom. The van der Waals surface area contributed by atoms with Gasteiger partial charge in [0, 0.05) is 18.1 Å². The maximum atomic E-state index is 12.8. The number of alkyl halides is 3. The number of hydrogen-bond donors (Lipinski definition) is 1. The number of aromatic amines is 1. The van der Waals surface area contributed by atoms with Crippen molar-refractivity contribution < 1.29 is 34.7 Å². The fraction of sp³-hybridized carbons (Fsp3) is 0.235. The van der Waals surface area contributed by atoms with Gasteiger partial charge in [-0.2, -0.15) is 0 Å². The van der Waals surface area contributed by atoms with E-state index in [4.69, 9.17) is 0 Å². The Balaban J connectivity index is 2.41. The molecule has 0 atom stereocenters. The van der Waals surface area contributed by atoms with Crippen LogP contribution in [0, 0.1) is 6.92 Å². The largest absolute Gasteiger partial charge is 0.574 e. The van der Waals surface area contributed by atoms with Crippen molar-refractivity contribution in [3.05, 3.63) is 35.9 Å². The first kappa shape index (κ1) is 21.1. The Morgan fingerprint density at radius 3 is 2.07 bits per heavy atom. The molecule has 0 radical (unpaired) electrons. The van der Waals surface area contributed by atoms with E-state index in [-0.39, 0.29) is 31.8 Å². The third-order valence-electron chi connectivity index (χ3n) is 4.13. The molecule has 0 aliphatic rings. The van der Waals surface area contributed by atoms with Crippen LogP contribution in [-0.4, -0.2) is 45.9 Å². The second kappa shape index (κ2) is 6.73. The van der Waals surface area contributed by atoms with E-state index in [1.807, 2.05) is 0 Å². The predicted octanol–water partition coefficient (Wildman–Crippen LogP) is 3.24. The highest BCUT2D eigenvalue weighted by Gasteiger charge is 2.34. The van der Waals surface area contributed by atoms with Crippen molar-refractivity contribution in [3.63, 3.8) is 0 Å². The molecule has 156 valence electrons. The Kier molecular flexibility index (Phi) is 4.90. The van der Waals surface area contributed by atoms with E-state index in [1.54, 1.807) is 0 Å². The number of nitrogens with zero attached hydrogens (tertiary/aromatic N) is 1. The van der Waals surface area contributed by atoms with Crippen molar-refractivity contribution >= 4 is 30.6 Å². The molecule has 0 bridgehead atoms. The van der Waals surface area contributed by atoms with Crippen molar-refractivity contribution in [3.8, 4) is 17.0 Å². The molecule has 0 spiro atoms. The van der Waals surface area contributed by atoms with Crippen LogP contribution >= 0.6 is 0 Å². The summed E-state index contributed by atoms with van der Waals surface area (Å²) in [6, 6.07) is 6.52. The van der Waals surface area contributed by atoms with E-state index in [2.05, 4.69) is 14.9 Å². The number of benzene rings is 2. The van der Waals surface area contributed by atoms with Gasteiger partial charge in [0.1, 0.15) is 0 Å². The maximum absolute atomic E-state index is 12.8. The van der Waals surface area contributed by atoms with Gasteiger partial charge >= 0.3 is 6.36 Å². The summed E-state index contributed by atoms with van der Waals surface area (Å²) >= 11 is 0. The second-order valence-electron chi connectivity index (χ2n) is 6.46. The molecule has 0 saturated carbocycles. The number of nitrogens with one attached hydrogen (secondary N) is 1. The third kappa shape index (κ3) is 4.22. The summed E-state index contributed by atoms with van der Waals surface area (Å²) in [5.74, 6) is -0.835. The third-order valence-corrected chi connectivity index (χ3v) is 6.53. The molecule has 1 N–H and O–H groups in total. The maximum Gasteiger partial charge on any atom is 0.574 e. The highest BCUT2D eigenvalue weighted by molar-refractivity contribution is 7.91. The quantitative estimate of drug-likeness (QED) is 0.657. The number of sulfone groups is 2. The van der Waals surface area contributed by atoms with Gasteiger partial charge < -0.3 is 4.74 Å². The fourth-order valence-corrected chi connectivity index (χ4v) is 4.93. The van der Waals surface area contributed by atoms with E-state index in [0.29, 0.717) is 5.56 Å². The molecule has 0 amide bonds. The van der Waals surface area contributed by atoms with Crippen molar-refractivity contribution in [1.29, 1.82) is 0 Å². The topological polar surface area (TPSA) is 106 Å². The lowest BCUT2D eigenvalue weighted by molar-refractivity contribution is -0.275. The van der Waals surface area contributed by atoms with Crippen LogP contribution in [0.25, 0.3) is 22.0 Å². The van der Waals surface area contributed by atoms with E-state index < -0.39 is 31.9 Å².